The van der Waals surface area contributed by atoms with Crippen LogP contribution in [0.4, 0.5) is 13.2 Å². The zero-order valence-electron chi connectivity index (χ0n) is 19.4. The summed E-state index contributed by atoms with van der Waals surface area (Å²) in [6.45, 7) is 0.119. The van der Waals surface area contributed by atoms with E-state index in [0.717, 1.165) is 28.6 Å². The first-order valence-corrected chi connectivity index (χ1v) is 12.4. The molecule has 0 saturated carbocycles. The number of fused-ring (bicyclic) bond motifs is 1. The Morgan fingerprint density at radius 3 is 2.41 bits per heavy atom. The molecule has 5 aromatic rings. The van der Waals surface area contributed by atoms with Crippen LogP contribution < -0.4 is 5.32 Å². The molecule has 1 amide bonds. The number of amides is 1. The molecule has 1 aromatic heterocycles. The molecule has 1 N–H and O–H groups in total. The summed E-state index contributed by atoms with van der Waals surface area (Å²) in [6.07, 6.45) is -4.40. The summed E-state index contributed by atoms with van der Waals surface area (Å²) in [4.78, 5) is 13.0. The van der Waals surface area contributed by atoms with Crippen LogP contribution in [-0.2, 0) is 18.5 Å². The topological polar surface area (TPSA) is 59.8 Å². The van der Waals surface area contributed by atoms with E-state index in [4.69, 9.17) is 0 Å². The quantitative estimate of drug-likeness (QED) is 0.245. The molecule has 0 aliphatic heterocycles. The summed E-state index contributed by atoms with van der Waals surface area (Å²) in [7, 11) is 0. The summed E-state index contributed by atoms with van der Waals surface area (Å²) in [5.41, 5.74) is 1.18. The molecule has 4 aromatic carbocycles. The number of para-hydroxylation sites is 1. The number of halogens is 3. The van der Waals surface area contributed by atoms with E-state index in [2.05, 4.69) is 15.5 Å². The smallest absolute Gasteiger partial charge is 0.345 e. The van der Waals surface area contributed by atoms with Gasteiger partial charge in [0.15, 0.2) is 11.0 Å². The zero-order valence-corrected chi connectivity index (χ0v) is 20.3. The number of rotatable bonds is 7. The molecule has 0 aliphatic rings. The summed E-state index contributed by atoms with van der Waals surface area (Å²) < 4.78 is 41.1. The van der Waals surface area contributed by atoms with Gasteiger partial charge in [-0.05, 0) is 40.6 Å². The molecule has 186 valence electrons. The highest BCUT2D eigenvalue weighted by Crippen LogP contribution is 2.31. The van der Waals surface area contributed by atoms with Crippen LogP contribution in [0.3, 0.4) is 0 Å². The fourth-order valence-electron chi connectivity index (χ4n) is 4.01. The van der Waals surface area contributed by atoms with Gasteiger partial charge in [0.2, 0.25) is 0 Å². The Hall–Kier alpha value is -4.11. The van der Waals surface area contributed by atoms with Crippen LogP contribution in [0.15, 0.2) is 102 Å². The van der Waals surface area contributed by atoms with E-state index in [1.165, 1.54) is 17.8 Å². The number of benzene rings is 4. The fourth-order valence-corrected chi connectivity index (χ4v) is 4.92. The molecule has 1 heterocycles. The summed E-state index contributed by atoms with van der Waals surface area (Å²) >= 11 is 1.28. The van der Waals surface area contributed by atoms with Crippen molar-refractivity contribution >= 4 is 28.4 Å². The Morgan fingerprint density at radius 2 is 1.59 bits per heavy atom. The van der Waals surface area contributed by atoms with Crippen molar-refractivity contribution in [3.05, 3.63) is 120 Å². The predicted molar refractivity (Wildman–Crippen MR) is 137 cm³/mol. The minimum Gasteiger partial charge on any atom is -0.345 e. The summed E-state index contributed by atoms with van der Waals surface area (Å²) in [5, 5.41) is 13.8. The Morgan fingerprint density at radius 1 is 0.865 bits per heavy atom. The van der Waals surface area contributed by atoms with Crippen molar-refractivity contribution in [1.29, 1.82) is 0 Å². The average Bonchev–Trinajstić information content (AvgIpc) is 3.33. The van der Waals surface area contributed by atoms with Gasteiger partial charge in [-0.15, -0.1) is 10.2 Å². The van der Waals surface area contributed by atoms with Crippen molar-refractivity contribution in [2.45, 2.75) is 23.6 Å². The molecule has 0 radical (unpaired) electrons. The van der Waals surface area contributed by atoms with Crippen molar-refractivity contribution in [1.82, 2.24) is 20.1 Å². The lowest BCUT2D eigenvalue weighted by Gasteiger charge is -2.12. The van der Waals surface area contributed by atoms with Crippen LogP contribution in [0.5, 0.6) is 0 Å². The lowest BCUT2D eigenvalue weighted by Crippen LogP contribution is -2.25. The van der Waals surface area contributed by atoms with Crippen molar-refractivity contribution in [3.63, 3.8) is 0 Å². The van der Waals surface area contributed by atoms with E-state index in [1.807, 2.05) is 71.3 Å². The predicted octanol–water partition coefficient (Wildman–Crippen LogP) is 6.66. The van der Waals surface area contributed by atoms with Crippen LogP contribution in [0.2, 0.25) is 0 Å². The number of hydrogen-bond acceptors (Lipinski definition) is 4. The fraction of sp³-hybridized carbons (Fsp3) is 0.107. The lowest BCUT2D eigenvalue weighted by molar-refractivity contribution is -0.137. The van der Waals surface area contributed by atoms with Crippen LogP contribution >= 0.6 is 11.8 Å². The molecular formula is C28H21F3N4OS. The molecule has 0 unspecified atom stereocenters. The highest BCUT2D eigenvalue weighted by Gasteiger charge is 2.30. The van der Waals surface area contributed by atoms with Gasteiger partial charge in [0.05, 0.1) is 12.1 Å². The molecule has 0 spiro atoms. The summed E-state index contributed by atoms with van der Waals surface area (Å²) in [5.74, 6) is 0.543. The maximum absolute atomic E-state index is 13.1. The largest absolute Gasteiger partial charge is 0.416 e. The van der Waals surface area contributed by atoms with Gasteiger partial charge >= 0.3 is 6.18 Å². The number of hydrogen-bond donors (Lipinski definition) is 1. The third-order valence-corrected chi connectivity index (χ3v) is 6.78. The second kappa shape index (κ2) is 10.5. The number of carbonyl (C=O) groups excluding carboxylic acids is 1. The maximum atomic E-state index is 13.1. The van der Waals surface area contributed by atoms with Crippen LogP contribution in [-0.4, -0.2) is 20.7 Å². The Labute approximate surface area is 215 Å². The minimum atomic E-state index is -4.40. The monoisotopic (exact) mass is 518 g/mol. The number of thioether (sulfide) groups is 1. The van der Waals surface area contributed by atoms with Gasteiger partial charge in [-0.2, -0.15) is 13.2 Å². The number of carbonyl (C=O) groups is 1. The normalized spacial score (nSPS) is 11.5. The standard InChI is InChI=1S/C28H21F3N4OS/c29-28(30,31)21-11-6-8-19(16-21)18-37-27-34-33-25(35(27)22-12-2-1-3-13-22)17-32-26(36)24-15-7-10-20-9-4-5-14-23(20)24/h1-16H,17-18H2,(H,32,36). The molecular weight excluding hydrogens is 497 g/mol. The highest BCUT2D eigenvalue weighted by molar-refractivity contribution is 7.98. The van der Waals surface area contributed by atoms with E-state index in [9.17, 15) is 18.0 Å². The second-order valence-corrected chi connectivity index (χ2v) is 9.21. The first-order valence-electron chi connectivity index (χ1n) is 11.4. The molecule has 0 saturated heterocycles. The average molecular weight is 519 g/mol. The van der Waals surface area contributed by atoms with Gasteiger partial charge in [-0.25, -0.2) is 0 Å². The molecule has 0 aliphatic carbocycles. The number of nitrogens with zero attached hydrogens (tertiary/aromatic N) is 3. The van der Waals surface area contributed by atoms with E-state index in [0.29, 0.717) is 22.1 Å². The van der Waals surface area contributed by atoms with Gasteiger partial charge in [0.1, 0.15) is 0 Å². The van der Waals surface area contributed by atoms with Crippen molar-refractivity contribution in [2.24, 2.45) is 0 Å². The molecule has 5 nitrogen and oxygen atoms in total. The highest BCUT2D eigenvalue weighted by atomic mass is 32.2. The Kier molecular flexibility index (Phi) is 6.96. The van der Waals surface area contributed by atoms with Gasteiger partial charge in [-0.3, -0.25) is 9.36 Å². The minimum absolute atomic E-state index is 0.119. The van der Waals surface area contributed by atoms with Crippen LogP contribution in [0, 0.1) is 0 Å². The summed E-state index contributed by atoms with van der Waals surface area (Å²) in [6, 6.07) is 27.9. The second-order valence-electron chi connectivity index (χ2n) is 8.27. The maximum Gasteiger partial charge on any atom is 0.416 e. The third kappa shape index (κ3) is 5.51. The number of alkyl halides is 3. The van der Waals surface area contributed by atoms with E-state index < -0.39 is 11.7 Å². The number of aromatic nitrogens is 3. The molecule has 0 bridgehead atoms. The van der Waals surface area contributed by atoms with E-state index >= 15 is 0 Å². The SMILES string of the molecule is O=C(NCc1nnc(SCc2cccc(C(F)(F)F)c2)n1-c1ccccc1)c1cccc2ccccc12. The van der Waals surface area contributed by atoms with Gasteiger partial charge in [0.25, 0.3) is 5.91 Å². The van der Waals surface area contributed by atoms with Crippen molar-refractivity contribution in [2.75, 3.05) is 0 Å². The molecule has 9 heteroatoms. The van der Waals surface area contributed by atoms with E-state index in [1.54, 1.807) is 12.1 Å². The zero-order chi connectivity index (χ0) is 25.8. The van der Waals surface area contributed by atoms with Crippen molar-refractivity contribution < 1.29 is 18.0 Å². The Bertz CT molecular complexity index is 1550. The molecule has 5 rings (SSSR count). The van der Waals surface area contributed by atoms with Crippen LogP contribution in [0.1, 0.15) is 27.3 Å². The molecule has 0 atom stereocenters. The van der Waals surface area contributed by atoms with Gasteiger partial charge in [-0.1, -0.05) is 84.6 Å². The third-order valence-electron chi connectivity index (χ3n) is 5.78. The molecule has 0 fully saturated rings. The number of nitrogens with one attached hydrogen (secondary N) is 1. The van der Waals surface area contributed by atoms with Crippen molar-refractivity contribution in [3.8, 4) is 5.69 Å². The lowest BCUT2D eigenvalue weighted by atomic mass is 10.0. The first-order chi connectivity index (χ1) is 17.9. The molecule has 37 heavy (non-hydrogen) atoms. The van der Waals surface area contributed by atoms with Gasteiger partial charge in [0, 0.05) is 17.0 Å². The first kappa shape index (κ1) is 24.6. The van der Waals surface area contributed by atoms with E-state index in [-0.39, 0.29) is 18.2 Å². The van der Waals surface area contributed by atoms with Gasteiger partial charge < -0.3 is 5.32 Å². The van der Waals surface area contributed by atoms with Crippen LogP contribution in [0.25, 0.3) is 16.5 Å². The Balaban J connectivity index is 1.38.